The van der Waals surface area contributed by atoms with Gasteiger partial charge in [0.2, 0.25) is 5.91 Å². The first kappa shape index (κ1) is 29.0. The predicted molar refractivity (Wildman–Crippen MR) is 142 cm³/mol. The number of benzene rings is 2. The molecule has 1 fully saturated rings. The average Bonchev–Trinajstić information content (AvgIpc) is 2.82. The number of hydrogen-bond donors (Lipinski definition) is 4. The topological polar surface area (TPSA) is 95.6 Å². The van der Waals surface area contributed by atoms with Crippen molar-refractivity contribution >= 4 is 5.91 Å². The molecule has 1 aliphatic rings. The number of hydrogen-bond acceptors (Lipinski definition) is 4. The molecule has 0 heterocycles. The quantitative estimate of drug-likeness (QED) is 0.348. The van der Waals surface area contributed by atoms with Gasteiger partial charge in [-0.05, 0) is 72.3 Å². The maximum Gasteiger partial charge on any atom is 0.217 e. The van der Waals surface area contributed by atoms with E-state index in [0.29, 0.717) is 5.56 Å². The number of nitrogens with two attached hydrogens (primary N) is 1. The number of allylic oxidation sites excluding steroid dienone is 1. The molecule has 0 aromatic heterocycles. The Kier molecular flexibility index (Phi) is 9.62. The Labute approximate surface area is 218 Å². The molecule has 37 heavy (non-hydrogen) atoms. The number of carbonyl (C=O) groups is 1. The Balaban J connectivity index is 1.85. The number of aliphatic hydroxyl groups excluding tert-OH is 2. The highest BCUT2D eigenvalue weighted by atomic mass is 19.1. The highest BCUT2D eigenvalue weighted by molar-refractivity contribution is 5.74. The summed E-state index contributed by atoms with van der Waals surface area (Å²) in [5.41, 5.74) is 8.95. The molecule has 5 nitrogen and oxygen atoms in total. The summed E-state index contributed by atoms with van der Waals surface area (Å²) in [6.07, 6.45) is 4.13. The van der Waals surface area contributed by atoms with Crippen LogP contribution in [-0.4, -0.2) is 35.4 Å². The van der Waals surface area contributed by atoms with Crippen LogP contribution < -0.4 is 11.1 Å². The fraction of sp³-hybridized carbons (Fsp3) is 0.500. The van der Waals surface area contributed by atoms with Crippen molar-refractivity contribution in [2.24, 2.45) is 11.7 Å². The average molecular weight is 515 g/mol. The highest BCUT2D eigenvalue weighted by Gasteiger charge is 2.36. The Morgan fingerprint density at radius 2 is 1.78 bits per heavy atom. The fourth-order valence-electron chi connectivity index (χ4n) is 5.28. The molecule has 0 spiro atoms. The van der Waals surface area contributed by atoms with Gasteiger partial charge in [0.15, 0.2) is 0 Å². The summed E-state index contributed by atoms with van der Waals surface area (Å²) in [5, 5.41) is 24.1. The molecule has 0 unspecified atom stereocenters. The molecule has 2 aromatic rings. The minimum atomic E-state index is -0.962. The molecule has 2 atom stereocenters. The third-order valence-electron chi connectivity index (χ3n) is 7.48. The summed E-state index contributed by atoms with van der Waals surface area (Å²) in [4.78, 5) is 11.8. The summed E-state index contributed by atoms with van der Waals surface area (Å²) >= 11 is 0. The minimum Gasteiger partial charge on any atom is -0.392 e. The maximum absolute atomic E-state index is 13.7. The second-order valence-corrected chi connectivity index (χ2v) is 11.3. The van der Waals surface area contributed by atoms with Gasteiger partial charge in [0.1, 0.15) is 11.6 Å². The van der Waals surface area contributed by atoms with Crippen molar-refractivity contribution in [1.82, 2.24) is 5.32 Å². The van der Waals surface area contributed by atoms with E-state index in [1.807, 2.05) is 6.08 Å². The van der Waals surface area contributed by atoms with Crippen LogP contribution >= 0.6 is 0 Å². The largest absolute Gasteiger partial charge is 0.392 e. The Morgan fingerprint density at radius 3 is 2.35 bits per heavy atom. The molecule has 202 valence electrons. The Morgan fingerprint density at radius 1 is 1.14 bits per heavy atom. The third kappa shape index (κ3) is 7.94. The van der Waals surface area contributed by atoms with Gasteiger partial charge in [0.25, 0.3) is 0 Å². The molecule has 2 aromatic carbocycles. The van der Waals surface area contributed by atoms with Crippen molar-refractivity contribution < 1.29 is 23.8 Å². The first-order chi connectivity index (χ1) is 17.4. The summed E-state index contributed by atoms with van der Waals surface area (Å²) in [6, 6.07) is 11.7. The van der Waals surface area contributed by atoms with Crippen LogP contribution in [0.15, 0.2) is 54.1 Å². The number of primary amides is 1. The third-order valence-corrected chi connectivity index (χ3v) is 7.48. The Bertz CT molecular complexity index is 1080. The number of nitrogens with one attached hydrogen (secondary N) is 1. The zero-order valence-corrected chi connectivity index (χ0v) is 22.1. The van der Waals surface area contributed by atoms with E-state index in [9.17, 15) is 23.8 Å². The van der Waals surface area contributed by atoms with E-state index in [1.54, 1.807) is 0 Å². The van der Waals surface area contributed by atoms with Gasteiger partial charge in [-0.15, -0.1) is 0 Å². The van der Waals surface area contributed by atoms with E-state index < -0.39 is 35.1 Å². The first-order valence-corrected chi connectivity index (χ1v) is 13.0. The van der Waals surface area contributed by atoms with Crippen LogP contribution in [0.25, 0.3) is 0 Å². The summed E-state index contributed by atoms with van der Waals surface area (Å²) in [5.74, 6) is -2.58. The molecule has 5 N–H and O–H groups in total. The van der Waals surface area contributed by atoms with Gasteiger partial charge in [0, 0.05) is 24.6 Å². The lowest BCUT2D eigenvalue weighted by atomic mass is 9.73. The monoisotopic (exact) mass is 514 g/mol. The molecule has 0 bridgehead atoms. The SMILES string of the molecule is CC(C)(C)c1cccc(C2(NC[C@H](O)[C@H](CC(N)=O)Cc3cc(F)cc(F)c3)CCC(=CCO)CC2)c1. The van der Waals surface area contributed by atoms with E-state index in [4.69, 9.17) is 5.73 Å². The first-order valence-electron chi connectivity index (χ1n) is 13.0. The molecule has 3 rings (SSSR count). The van der Waals surface area contributed by atoms with Crippen molar-refractivity contribution in [3.8, 4) is 0 Å². The van der Waals surface area contributed by atoms with E-state index in [2.05, 4.69) is 50.4 Å². The van der Waals surface area contributed by atoms with Gasteiger partial charge >= 0.3 is 0 Å². The zero-order chi connectivity index (χ0) is 27.2. The zero-order valence-electron chi connectivity index (χ0n) is 22.1. The van der Waals surface area contributed by atoms with Crippen molar-refractivity contribution in [2.75, 3.05) is 13.2 Å². The van der Waals surface area contributed by atoms with E-state index in [0.717, 1.165) is 37.3 Å². The van der Waals surface area contributed by atoms with Crippen molar-refractivity contribution in [1.29, 1.82) is 0 Å². The molecule has 0 saturated heterocycles. The van der Waals surface area contributed by atoms with Gasteiger partial charge in [-0.25, -0.2) is 8.78 Å². The van der Waals surface area contributed by atoms with Gasteiger partial charge in [-0.1, -0.05) is 56.7 Å². The molecule has 1 aliphatic carbocycles. The van der Waals surface area contributed by atoms with Crippen LogP contribution in [-0.2, 0) is 22.2 Å². The lowest BCUT2D eigenvalue weighted by Gasteiger charge is -2.41. The standard InChI is InChI=1S/C30H40F2N2O3/c1-29(2,3)23-5-4-6-24(17-23)30(10-7-20(8-11-30)9-12-35)34-19-27(36)22(16-28(33)37)13-21-14-25(31)18-26(32)15-21/h4-6,9,14-15,17-18,22,27,34-36H,7-8,10-13,16,19H2,1-3H3,(H2,33,37)/t22-,27-,30?/m0/s1. The number of halogens is 2. The van der Waals surface area contributed by atoms with Crippen LogP contribution in [0.2, 0.25) is 0 Å². The van der Waals surface area contributed by atoms with Crippen molar-refractivity contribution in [3.05, 3.63) is 82.4 Å². The van der Waals surface area contributed by atoms with Crippen LogP contribution in [0.1, 0.15) is 69.6 Å². The molecular weight excluding hydrogens is 474 g/mol. The second-order valence-electron chi connectivity index (χ2n) is 11.3. The lowest BCUT2D eigenvalue weighted by molar-refractivity contribution is -0.119. The lowest BCUT2D eigenvalue weighted by Crippen LogP contribution is -2.49. The maximum atomic E-state index is 13.7. The molecule has 7 heteroatoms. The van der Waals surface area contributed by atoms with Crippen LogP contribution in [0.5, 0.6) is 0 Å². The van der Waals surface area contributed by atoms with Crippen molar-refractivity contribution in [3.63, 3.8) is 0 Å². The highest BCUT2D eigenvalue weighted by Crippen LogP contribution is 2.40. The molecule has 0 radical (unpaired) electrons. The number of rotatable bonds is 10. The fourth-order valence-corrected chi connectivity index (χ4v) is 5.28. The summed E-state index contributed by atoms with van der Waals surface area (Å²) < 4.78 is 27.5. The van der Waals surface area contributed by atoms with Gasteiger partial charge in [0.05, 0.1) is 12.7 Å². The second kappa shape index (κ2) is 12.3. The summed E-state index contributed by atoms with van der Waals surface area (Å²) in [6.45, 7) is 6.71. The van der Waals surface area contributed by atoms with E-state index in [-0.39, 0.29) is 31.4 Å². The molecule has 0 aliphatic heterocycles. The number of carbonyl (C=O) groups excluding carboxylic acids is 1. The van der Waals surface area contributed by atoms with Gasteiger partial charge in [-0.2, -0.15) is 0 Å². The van der Waals surface area contributed by atoms with Crippen LogP contribution in [0, 0.1) is 17.6 Å². The predicted octanol–water partition coefficient (Wildman–Crippen LogP) is 4.64. The van der Waals surface area contributed by atoms with Gasteiger partial charge < -0.3 is 21.3 Å². The molecular formula is C30H40F2N2O3. The molecule has 1 amide bonds. The normalized spacial score (nSPS) is 19.9. The smallest absolute Gasteiger partial charge is 0.217 e. The summed E-state index contributed by atoms with van der Waals surface area (Å²) in [7, 11) is 0. The van der Waals surface area contributed by atoms with E-state index >= 15 is 0 Å². The number of aliphatic hydroxyl groups is 2. The Hall–Kier alpha value is -2.61. The van der Waals surface area contributed by atoms with Crippen molar-refractivity contribution in [2.45, 2.75) is 76.4 Å². The van der Waals surface area contributed by atoms with Gasteiger partial charge in [-0.3, -0.25) is 4.79 Å². The van der Waals surface area contributed by atoms with E-state index in [1.165, 1.54) is 23.3 Å². The van der Waals surface area contributed by atoms with Crippen LogP contribution in [0.3, 0.4) is 0 Å². The molecule has 1 saturated carbocycles. The minimum absolute atomic E-state index is 0.0173. The number of amides is 1. The van der Waals surface area contributed by atoms with Crippen LogP contribution in [0.4, 0.5) is 8.78 Å².